The van der Waals surface area contributed by atoms with E-state index in [1.807, 2.05) is 6.07 Å². The van der Waals surface area contributed by atoms with Gasteiger partial charge >= 0.3 is 5.97 Å². The van der Waals surface area contributed by atoms with Crippen molar-refractivity contribution in [2.24, 2.45) is 5.41 Å². The van der Waals surface area contributed by atoms with E-state index in [1.165, 1.54) is 56.8 Å². The zero-order valence-corrected chi connectivity index (χ0v) is 16.5. The molecule has 3 aliphatic carbocycles. The van der Waals surface area contributed by atoms with Gasteiger partial charge in [-0.05, 0) is 114 Å². The molecular formula is C25H28O2. The average molecular weight is 360 g/mol. The number of rotatable bonds is 2. The zero-order chi connectivity index (χ0) is 18.6. The lowest BCUT2D eigenvalue weighted by Gasteiger charge is -2.24. The molecule has 0 radical (unpaired) electrons. The first-order valence-electron chi connectivity index (χ1n) is 10.5. The van der Waals surface area contributed by atoms with Gasteiger partial charge in [0.25, 0.3) is 0 Å². The smallest absolute Gasteiger partial charge is 0.337 e. The molecule has 0 bridgehead atoms. The molecule has 0 N–H and O–H groups in total. The van der Waals surface area contributed by atoms with Crippen LogP contribution in [0.15, 0.2) is 24.3 Å². The number of benzene rings is 2. The number of esters is 1. The van der Waals surface area contributed by atoms with Gasteiger partial charge in [-0.25, -0.2) is 4.79 Å². The van der Waals surface area contributed by atoms with Crippen molar-refractivity contribution in [3.63, 3.8) is 0 Å². The lowest BCUT2D eigenvalue weighted by atomic mass is 9.80. The van der Waals surface area contributed by atoms with Crippen molar-refractivity contribution in [3.8, 4) is 0 Å². The summed E-state index contributed by atoms with van der Waals surface area (Å²) in [6.07, 6.45) is 11.1. The van der Waals surface area contributed by atoms with Crippen molar-refractivity contribution >= 4 is 5.97 Å². The van der Waals surface area contributed by atoms with E-state index in [0.717, 1.165) is 19.3 Å². The van der Waals surface area contributed by atoms with E-state index < -0.39 is 0 Å². The van der Waals surface area contributed by atoms with Gasteiger partial charge in [0.2, 0.25) is 0 Å². The molecule has 0 saturated carbocycles. The summed E-state index contributed by atoms with van der Waals surface area (Å²) in [6.45, 7) is 2.31. The summed E-state index contributed by atoms with van der Waals surface area (Å²) in [6, 6.07) is 8.71. The van der Waals surface area contributed by atoms with Crippen LogP contribution in [0.2, 0.25) is 0 Å². The Labute approximate surface area is 161 Å². The summed E-state index contributed by atoms with van der Waals surface area (Å²) in [5.74, 6) is -0.227. The predicted molar refractivity (Wildman–Crippen MR) is 107 cm³/mol. The SMILES string of the molecule is CCc1cc2c(c3c1CCCC3)C[C@]1(Cc3ccc(C(=O)OC)cc3C1)C2. The van der Waals surface area contributed by atoms with Crippen molar-refractivity contribution in [2.45, 2.75) is 64.7 Å². The molecule has 0 aromatic heterocycles. The van der Waals surface area contributed by atoms with E-state index in [2.05, 4.69) is 25.1 Å². The molecule has 2 aromatic rings. The topological polar surface area (TPSA) is 26.3 Å². The van der Waals surface area contributed by atoms with Gasteiger partial charge in [-0.3, -0.25) is 0 Å². The molecule has 0 unspecified atom stereocenters. The average Bonchev–Trinajstić information content (AvgIpc) is 3.24. The summed E-state index contributed by atoms with van der Waals surface area (Å²) in [5, 5.41) is 0. The summed E-state index contributed by atoms with van der Waals surface area (Å²) < 4.78 is 4.91. The molecule has 0 saturated heterocycles. The monoisotopic (exact) mass is 360 g/mol. The van der Waals surface area contributed by atoms with Crippen molar-refractivity contribution in [1.82, 2.24) is 0 Å². The van der Waals surface area contributed by atoms with E-state index in [4.69, 9.17) is 4.74 Å². The molecule has 27 heavy (non-hydrogen) atoms. The van der Waals surface area contributed by atoms with Crippen LogP contribution in [0.3, 0.4) is 0 Å². The van der Waals surface area contributed by atoms with Gasteiger partial charge in [-0.15, -0.1) is 0 Å². The van der Waals surface area contributed by atoms with Gasteiger partial charge in [-0.1, -0.05) is 19.1 Å². The van der Waals surface area contributed by atoms with Crippen LogP contribution in [0.25, 0.3) is 0 Å². The van der Waals surface area contributed by atoms with Crippen LogP contribution >= 0.6 is 0 Å². The lowest BCUT2D eigenvalue weighted by molar-refractivity contribution is 0.0600. The van der Waals surface area contributed by atoms with E-state index in [-0.39, 0.29) is 5.97 Å². The van der Waals surface area contributed by atoms with Gasteiger partial charge in [0.1, 0.15) is 0 Å². The molecule has 3 aliphatic rings. The summed E-state index contributed by atoms with van der Waals surface area (Å²) in [4.78, 5) is 11.9. The third kappa shape index (κ3) is 2.64. The van der Waals surface area contributed by atoms with Crippen molar-refractivity contribution in [1.29, 1.82) is 0 Å². The number of carbonyl (C=O) groups excluding carboxylic acids is 1. The molecule has 0 heterocycles. The Balaban J connectivity index is 1.50. The van der Waals surface area contributed by atoms with Crippen molar-refractivity contribution < 1.29 is 9.53 Å². The van der Waals surface area contributed by atoms with Gasteiger partial charge in [0.15, 0.2) is 0 Å². The normalized spacial score (nSPS) is 22.4. The molecule has 140 valence electrons. The number of fused-ring (bicyclic) bond motifs is 4. The summed E-state index contributed by atoms with van der Waals surface area (Å²) >= 11 is 0. The molecule has 2 heteroatoms. The second-order valence-corrected chi connectivity index (χ2v) is 8.87. The van der Waals surface area contributed by atoms with E-state index >= 15 is 0 Å². The molecule has 1 spiro atoms. The second-order valence-electron chi connectivity index (χ2n) is 8.87. The molecule has 0 fully saturated rings. The van der Waals surface area contributed by atoms with Crippen LogP contribution in [0.1, 0.15) is 69.1 Å². The molecular weight excluding hydrogens is 332 g/mol. The maximum atomic E-state index is 11.9. The van der Waals surface area contributed by atoms with Gasteiger partial charge < -0.3 is 4.74 Å². The molecule has 2 nitrogen and oxygen atoms in total. The fourth-order valence-electron chi connectivity index (χ4n) is 6.03. The molecule has 0 aliphatic heterocycles. The van der Waals surface area contributed by atoms with Gasteiger partial charge in [0, 0.05) is 0 Å². The molecule has 1 atom stereocenters. The highest BCUT2D eigenvalue weighted by atomic mass is 16.5. The van der Waals surface area contributed by atoms with Crippen LogP contribution in [0.5, 0.6) is 0 Å². The number of ether oxygens (including phenoxy) is 1. The van der Waals surface area contributed by atoms with E-state index in [9.17, 15) is 4.79 Å². The third-order valence-electron chi connectivity index (χ3n) is 7.21. The highest BCUT2D eigenvalue weighted by Crippen LogP contribution is 2.49. The minimum Gasteiger partial charge on any atom is -0.465 e. The summed E-state index contributed by atoms with van der Waals surface area (Å²) in [5.41, 5.74) is 12.1. The number of methoxy groups -OCH3 is 1. The predicted octanol–water partition coefficient (Wildman–Crippen LogP) is 4.80. The van der Waals surface area contributed by atoms with Gasteiger partial charge in [0.05, 0.1) is 12.7 Å². The number of aryl methyl sites for hydroxylation is 1. The largest absolute Gasteiger partial charge is 0.465 e. The fraction of sp³-hybridized carbons (Fsp3) is 0.480. The van der Waals surface area contributed by atoms with Crippen LogP contribution < -0.4 is 0 Å². The highest BCUT2D eigenvalue weighted by molar-refractivity contribution is 5.89. The first kappa shape index (κ1) is 17.0. The Morgan fingerprint density at radius 3 is 2.44 bits per heavy atom. The first-order chi connectivity index (χ1) is 13.1. The second kappa shape index (κ2) is 6.22. The minimum absolute atomic E-state index is 0.227. The van der Waals surface area contributed by atoms with E-state index in [0.29, 0.717) is 11.0 Å². The van der Waals surface area contributed by atoms with Crippen molar-refractivity contribution in [3.05, 3.63) is 68.8 Å². The van der Waals surface area contributed by atoms with Crippen molar-refractivity contribution in [2.75, 3.05) is 7.11 Å². The van der Waals surface area contributed by atoms with Gasteiger partial charge in [-0.2, -0.15) is 0 Å². The molecule has 2 aromatic carbocycles. The lowest BCUT2D eigenvalue weighted by Crippen LogP contribution is -2.21. The Kier molecular flexibility index (Phi) is 3.93. The van der Waals surface area contributed by atoms with Crippen LogP contribution in [-0.4, -0.2) is 13.1 Å². The zero-order valence-electron chi connectivity index (χ0n) is 16.5. The highest BCUT2D eigenvalue weighted by Gasteiger charge is 2.43. The maximum absolute atomic E-state index is 11.9. The number of hydrogen-bond donors (Lipinski definition) is 0. The Hall–Kier alpha value is -2.09. The minimum atomic E-state index is -0.227. The maximum Gasteiger partial charge on any atom is 0.337 e. The van der Waals surface area contributed by atoms with E-state index in [1.54, 1.807) is 27.8 Å². The molecule has 0 amide bonds. The Morgan fingerprint density at radius 2 is 1.67 bits per heavy atom. The quantitative estimate of drug-likeness (QED) is 0.719. The van der Waals surface area contributed by atoms with Crippen LogP contribution in [0.4, 0.5) is 0 Å². The number of hydrogen-bond acceptors (Lipinski definition) is 2. The van der Waals surface area contributed by atoms with Crippen LogP contribution in [-0.2, 0) is 49.7 Å². The Bertz CT molecular complexity index is 940. The number of carbonyl (C=O) groups is 1. The standard InChI is InChI=1S/C25H28O2/c1-3-16-10-20-14-25(15-23(20)22-7-5-4-6-21(16)22)12-18-9-8-17(24(26)27-2)11-19(18)13-25/h8-11H,3-7,12-15H2,1-2H3/t25-/m0/s1. The summed E-state index contributed by atoms with van der Waals surface area (Å²) in [7, 11) is 1.46. The molecule has 5 rings (SSSR count). The first-order valence-corrected chi connectivity index (χ1v) is 10.5. The Morgan fingerprint density at radius 1 is 0.926 bits per heavy atom. The third-order valence-corrected chi connectivity index (χ3v) is 7.21. The fourth-order valence-corrected chi connectivity index (χ4v) is 6.03. The van der Waals surface area contributed by atoms with Crippen LogP contribution in [0, 0.1) is 5.41 Å².